The molecule has 1 amide bonds. The van der Waals surface area contributed by atoms with Crippen molar-refractivity contribution in [3.8, 4) is 11.1 Å². The normalized spacial score (nSPS) is 17.5. The summed E-state index contributed by atoms with van der Waals surface area (Å²) in [4.78, 5) is 26.8. The first-order chi connectivity index (χ1) is 13.6. The number of carboxylic acid groups (broad SMARTS) is 1. The highest BCUT2D eigenvalue weighted by molar-refractivity contribution is 5.85. The maximum absolute atomic E-state index is 12.9. The van der Waals surface area contributed by atoms with Crippen molar-refractivity contribution >= 4 is 12.1 Å². The van der Waals surface area contributed by atoms with Crippen LogP contribution in [0.3, 0.4) is 0 Å². The van der Waals surface area contributed by atoms with Crippen molar-refractivity contribution in [2.45, 2.75) is 44.2 Å². The van der Waals surface area contributed by atoms with Crippen LogP contribution in [0.1, 0.15) is 49.3 Å². The number of methoxy groups -OCH3 is 1. The molecule has 2 aromatic rings. The lowest BCUT2D eigenvalue weighted by molar-refractivity contribution is -0.146. The molecular weight excluding hydrogens is 354 g/mol. The molecule has 2 aromatic carbocycles. The maximum Gasteiger partial charge on any atom is 0.411 e. The van der Waals surface area contributed by atoms with E-state index in [1.165, 1.54) is 12.0 Å². The van der Waals surface area contributed by atoms with Crippen LogP contribution in [0.25, 0.3) is 11.1 Å². The second-order valence-electron chi connectivity index (χ2n) is 7.64. The van der Waals surface area contributed by atoms with E-state index in [2.05, 4.69) is 0 Å². The Morgan fingerprint density at radius 3 is 2.00 bits per heavy atom. The van der Waals surface area contributed by atoms with Crippen LogP contribution in [-0.4, -0.2) is 35.2 Å². The standard InChI is InChI=1S/C23H25NO4/c1-28-23(27)24(20(22(25)26)15-9-3-2-4-10-15)21-18-13-7-5-11-16(18)17-12-6-8-14-19(17)21/h5-8,11-15,20-21H,2-4,9-10H2,1H3,(H,25,26)/t20-/m0/s1. The van der Waals surface area contributed by atoms with E-state index >= 15 is 0 Å². The Hall–Kier alpha value is -2.82. The van der Waals surface area contributed by atoms with Gasteiger partial charge in [0.2, 0.25) is 0 Å². The second-order valence-corrected chi connectivity index (χ2v) is 7.64. The van der Waals surface area contributed by atoms with Crippen LogP contribution in [0.5, 0.6) is 0 Å². The molecule has 2 aliphatic carbocycles. The Kier molecular flexibility index (Phi) is 5.07. The molecule has 1 N–H and O–H groups in total. The van der Waals surface area contributed by atoms with E-state index in [0.717, 1.165) is 54.4 Å². The van der Waals surface area contributed by atoms with Gasteiger partial charge in [-0.15, -0.1) is 0 Å². The molecule has 0 bridgehead atoms. The summed E-state index contributed by atoms with van der Waals surface area (Å²) < 4.78 is 5.10. The summed E-state index contributed by atoms with van der Waals surface area (Å²) in [5.41, 5.74) is 4.00. The van der Waals surface area contributed by atoms with E-state index < -0.39 is 24.1 Å². The average molecular weight is 379 g/mol. The molecule has 0 unspecified atom stereocenters. The summed E-state index contributed by atoms with van der Waals surface area (Å²) in [6.07, 6.45) is 4.18. The van der Waals surface area contributed by atoms with Crippen molar-refractivity contribution in [1.82, 2.24) is 4.90 Å². The van der Waals surface area contributed by atoms with Crippen molar-refractivity contribution in [3.05, 3.63) is 59.7 Å². The molecular formula is C23H25NO4. The number of benzene rings is 2. The van der Waals surface area contributed by atoms with E-state index in [1.807, 2.05) is 48.5 Å². The molecule has 0 aromatic heterocycles. The molecule has 1 saturated carbocycles. The van der Waals surface area contributed by atoms with Crippen LogP contribution < -0.4 is 0 Å². The molecule has 0 spiro atoms. The molecule has 0 radical (unpaired) electrons. The highest BCUT2D eigenvalue weighted by Crippen LogP contribution is 2.48. The number of carbonyl (C=O) groups excluding carboxylic acids is 1. The quantitative estimate of drug-likeness (QED) is 0.824. The lowest BCUT2D eigenvalue weighted by Crippen LogP contribution is -2.51. The van der Waals surface area contributed by atoms with Crippen LogP contribution >= 0.6 is 0 Å². The molecule has 146 valence electrons. The van der Waals surface area contributed by atoms with Crippen LogP contribution in [-0.2, 0) is 9.53 Å². The first-order valence-corrected chi connectivity index (χ1v) is 9.90. The number of fused-ring (bicyclic) bond motifs is 3. The van der Waals surface area contributed by atoms with Gasteiger partial charge in [0.05, 0.1) is 13.2 Å². The van der Waals surface area contributed by atoms with E-state index in [9.17, 15) is 14.7 Å². The van der Waals surface area contributed by atoms with Crippen LogP contribution in [0, 0.1) is 5.92 Å². The first-order valence-electron chi connectivity index (χ1n) is 9.90. The van der Waals surface area contributed by atoms with Crippen LogP contribution in [0.4, 0.5) is 4.79 Å². The number of hydrogen-bond donors (Lipinski definition) is 1. The van der Waals surface area contributed by atoms with Gasteiger partial charge >= 0.3 is 12.1 Å². The Morgan fingerprint density at radius 1 is 0.964 bits per heavy atom. The maximum atomic E-state index is 12.9. The third kappa shape index (κ3) is 3.05. The molecule has 2 aliphatic rings. The molecule has 1 fully saturated rings. The Bertz CT molecular complexity index is 842. The summed E-state index contributed by atoms with van der Waals surface area (Å²) >= 11 is 0. The predicted molar refractivity (Wildman–Crippen MR) is 106 cm³/mol. The van der Waals surface area contributed by atoms with E-state index in [4.69, 9.17) is 4.74 Å². The molecule has 1 atom stereocenters. The Morgan fingerprint density at radius 2 is 1.50 bits per heavy atom. The summed E-state index contributed by atoms with van der Waals surface area (Å²) in [5.74, 6) is -1.02. The SMILES string of the molecule is COC(=O)N(C1c2ccccc2-c2ccccc21)[C@H](C(=O)O)C1CCCCC1. The lowest BCUT2D eigenvalue weighted by Gasteiger charge is -2.39. The number of ether oxygens (including phenoxy) is 1. The van der Waals surface area contributed by atoms with Crippen molar-refractivity contribution < 1.29 is 19.4 Å². The Balaban J connectivity index is 1.86. The predicted octanol–water partition coefficient (Wildman–Crippen LogP) is 4.86. The third-order valence-electron chi connectivity index (χ3n) is 6.11. The lowest BCUT2D eigenvalue weighted by atomic mass is 9.82. The summed E-state index contributed by atoms with van der Waals surface area (Å²) in [6.45, 7) is 0. The summed E-state index contributed by atoms with van der Waals surface area (Å²) in [6, 6.07) is 14.5. The summed E-state index contributed by atoms with van der Waals surface area (Å²) in [5, 5.41) is 10.1. The van der Waals surface area contributed by atoms with Crippen LogP contribution in [0.2, 0.25) is 0 Å². The number of amides is 1. The van der Waals surface area contributed by atoms with Gasteiger partial charge < -0.3 is 9.84 Å². The Labute approximate surface area is 164 Å². The largest absolute Gasteiger partial charge is 0.480 e. The van der Waals surface area contributed by atoms with Crippen molar-refractivity contribution in [2.24, 2.45) is 5.92 Å². The fourth-order valence-corrected chi connectivity index (χ4v) is 4.91. The molecule has 5 heteroatoms. The number of carboxylic acids is 1. The second kappa shape index (κ2) is 7.66. The zero-order chi connectivity index (χ0) is 19.7. The number of rotatable bonds is 4. The molecule has 0 saturated heterocycles. The van der Waals surface area contributed by atoms with E-state index in [0.29, 0.717) is 0 Å². The van der Waals surface area contributed by atoms with E-state index in [-0.39, 0.29) is 5.92 Å². The zero-order valence-electron chi connectivity index (χ0n) is 16.0. The smallest absolute Gasteiger partial charge is 0.411 e. The van der Waals surface area contributed by atoms with E-state index in [1.54, 1.807) is 0 Å². The van der Waals surface area contributed by atoms with Crippen molar-refractivity contribution in [3.63, 3.8) is 0 Å². The van der Waals surface area contributed by atoms with Gasteiger partial charge in [-0.2, -0.15) is 0 Å². The van der Waals surface area contributed by atoms with Gasteiger partial charge in [-0.25, -0.2) is 9.59 Å². The topological polar surface area (TPSA) is 66.8 Å². The highest BCUT2D eigenvalue weighted by atomic mass is 16.5. The van der Waals surface area contributed by atoms with Gasteiger partial charge in [-0.1, -0.05) is 67.8 Å². The third-order valence-corrected chi connectivity index (χ3v) is 6.11. The monoisotopic (exact) mass is 379 g/mol. The highest BCUT2D eigenvalue weighted by Gasteiger charge is 2.45. The summed E-state index contributed by atoms with van der Waals surface area (Å²) in [7, 11) is 1.32. The number of aliphatic carboxylic acids is 1. The van der Waals surface area contributed by atoms with Gasteiger partial charge in [0.1, 0.15) is 6.04 Å². The fourth-order valence-electron chi connectivity index (χ4n) is 4.91. The molecule has 0 heterocycles. The van der Waals surface area contributed by atoms with Gasteiger partial charge in [0, 0.05) is 0 Å². The zero-order valence-corrected chi connectivity index (χ0v) is 16.0. The fraction of sp³-hybridized carbons (Fsp3) is 0.391. The minimum absolute atomic E-state index is 0.0646. The number of nitrogens with zero attached hydrogens (tertiary/aromatic N) is 1. The van der Waals surface area contributed by atoms with Gasteiger partial charge in [-0.05, 0) is 41.0 Å². The minimum Gasteiger partial charge on any atom is -0.480 e. The number of hydrogen-bond acceptors (Lipinski definition) is 3. The first kappa shape index (κ1) is 18.5. The molecule has 4 rings (SSSR count). The average Bonchev–Trinajstić information content (AvgIpc) is 3.06. The van der Waals surface area contributed by atoms with Crippen LogP contribution in [0.15, 0.2) is 48.5 Å². The molecule has 28 heavy (non-hydrogen) atoms. The molecule has 0 aliphatic heterocycles. The van der Waals surface area contributed by atoms with Gasteiger partial charge in [-0.3, -0.25) is 4.90 Å². The minimum atomic E-state index is -0.959. The number of carbonyl (C=O) groups is 2. The van der Waals surface area contributed by atoms with Crippen molar-refractivity contribution in [1.29, 1.82) is 0 Å². The molecule has 5 nitrogen and oxygen atoms in total. The van der Waals surface area contributed by atoms with Crippen molar-refractivity contribution in [2.75, 3.05) is 7.11 Å². The van der Waals surface area contributed by atoms with Gasteiger partial charge in [0.25, 0.3) is 0 Å². The van der Waals surface area contributed by atoms with Gasteiger partial charge in [0.15, 0.2) is 0 Å².